The summed E-state index contributed by atoms with van der Waals surface area (Å²) in [5.41, 5.74) is 2.60. The van der Waals surface area contributed by atoms with Crippen molar-refractivity contribution in [1.29, 1.82) is 0 Å². The van der Waals surface area contributed by atoms with Crippen LogP contribution in [0.25, 0.3) is 11.3 Å². The smallest absolute Gasteiger partial charge is 0.325 e. The normalized spacial score (nSPS) is 17.2. The summed E-state index contributed by atoms with van der Waals surface area (Å²) in [6, 6.07) is 19.4. The van der Waals surface area contributed by atoms with E-state index in [-0.39, 0.29) is 17.7 Å². The van der Waals surface area contributed by atoms with E-state index in [2.05, 4.69) is 37.9 Å². The molecule has 1 aliphatic rings. The molecule has 0 bridgehead atoms. The molecule has 4 aromatic rings. The first-order valence-electron chi connectivity index (χ1n) is 13.1. The Morgan fingerprint density at radius 2 is 1.79 bits per heavy atom. The van der Waals surface area contributed by atoms with Gasteiger partial charge in [-0.2, -0.15) is 0 Å². The van der Waals surface area contributed by atoms with Crippen molar-refractivity contribution in [3.05, 3.63) is 103 Å². The second-order valence-electron chi connectivity index (χ2n) is 9.86. The molecular weight excluding hydrogens is 694 g/mol. The van der Waals surface area contributed by atoms with E-state index in [1.54, 1.807) is 24.3 Å². The van der Waals surface area contributed by atoms with Crippen LogP contribution in [0.15, 0.2) is 72.8 Å². The number of benzene rings is 3. The topological polar surface area (TPSA) is 128 Å². The number of hydrogen-bond donors (Lipinski definition) is 4. The standard InChI is InChI=1S/C30H27Cl2IN4O5/c1-16(17-5-3-2-4-6-17)26(28-34-25(27(32)36-28)22-12-9-19(33)13-23(22)31)37-29(40)24(35-30(37)41)18-7-10-21(11-8-18)42-15-20(39)14-38/h2-13,16,20,24,26,38-39H,14-15H2,1H3,(H,34,36)(H,35,41)/t16-,20+,24+,26?/m0/s1. The Morgan fingerprint density at radius 3 is 2.45 bits per heavy atom. The third-order valence-corrected chi connectivity index (χ3v) is 8.33. The quantitative estimate of drug-likeness (QED) is 0.120. The van der Waals surface area contributed by atoms with Gasteiger partial charge in [-0.1, -0.05) is 78.7 Å². The third-order valence-electron chi connectivity index (χ3n) is 7.07. The van der Waals surface area contributed by atoms with Gasteiger partial charge in [-0.15, -0.1) is 0 Å². The number of aromatic nitrogens is 2. The Balaban J connectivity index is 1.49. The molecule has 2 heterocycles. The van der Waals surface area contributed by atoms with Crippen LogP contribution in [0, 0.1) is 3.57 Å². The summed E-state index contributed by atoms with van der Waals surface area (Å²) < 4.78 is 6.42. The van der Waals surface area contributed by atoms with Crippen LogP contribution in [0.3, 0.4) is 0 Å². The van der Waals surface area contributed by atoms with Crippen LogP contribution >= 0.6 is 45.8 Å². The van der Waals surface area contributed by atoms with E-state index in [4.69, 9.17) is 33.0 Å². The zero-order valence-corrected chi connectivity index (χ0v) is 26.0. The number of amides is 3. The number of halogens is 3. The summed E-state index contributed by atoms with van der Waals surface area (Å²) in [5, 5.41) is 22.0. The highest BCUT2D eigenvalue weighted by Crippen LogP contribution is 2.41. The van der Waals surface area contributed by atoms with E-state index < -0.39 is 36.7 Å². The number of aliphatic hydroxyl groups excluding tert-OH is 2. The molecule has 3 amide bonds. The lowest BCUT2D eigenvalue weighted by atomic mass is 9.91. The molecule has 5 rings (SSSR count). The number of carbonyl (C=O) groups is 2. The van der Waals surface area contributed by atoms with E-state index in [0.29, 0.717) is 33.4 Å². The van der Waals surface area contributed by atoms with Gasteiger partial charge in [0, 0.05) is 15.1 Å². The van der Waals surface area contributed by atoms with Gasteiger partial charge in [0.05, 0.1) is 17.3 Å². The second-order valence-corrected chi connectivity index (χ2v) is 11.9. The summed E-state index contributed by atoms with van der Waals surface area (Å²) in [7, 11) is 0. The molecule has 0 radical (unpaired) electrons. The summed E-state index contributed by atoms with van der Waals surface area (Å²) in [6.45, 7) is 1.43. The van der Waals surface area contributed by atoms with E-state index in [1.165, 1.54) is 4.90 Å². The van der Waals surface area contributed by atoms with Crippen LogP contribution < -0.4 is 10.1 Å². The summed E-state index contributed by atoms with van der Waals surface area (Å²) in [6.07, 6.45) is -1.00. The van der Waals surface area contributed by atoms with Gasteiger partial charge in [0.2, 0.25) is 0 Å². The highest BCUT2D eigenvalue weighted by atomic mass is 127. The van der Waals surface area contributed by atoms with E-state index >= 15 is 0 Å². The predicted molar refractivity (Wildman–Crippen MR) is 168 cm³/mol. The number of nitrogens with one attached hydrogen (secondary N) is 2. The molecule has 218 valence electrons. The monoisotopic (exact) mass is 720 g/mol. The lowest BCUT2D eigenvalue weighted by Gasteiger charge is -2.29. The maximum Gasteiger partial charge on any atom is 0.325 e. The van der Waals surface area contributed by atoms with Gasteiger partial charge in [-0.25, -0.2) is 9.78 Å². The molecule has 1 fully saturated rings. The number of H-pyrrole nitrogens is 1. The highest BCUT2D eigenvalue weighted by molar-refractivity contribution is 14.1. The molecule has 0 saturated carbocycles. The van der Waals surface area contributed by atoms with Crippen molar-refractivity contribution >= 4 is 57.7 Å². The van der Waals surface area contributed by atoms with Crippen LogP contribution in [0.1, 0.15) is 41.9 Å². The molecule has 4 atom stereocenters. The summed E-state index contributed by atoms with van der Waals surface area (Å²) in [5.74, 6) is -0.00654. The molecule has 0 aliphatic carbocycles. The number of aliphatic hydroxyl groups is 2. The van der Waals surface area contributed by atoms with Crippen LogP contribution in [0.2, 0.25) is 10.2 Å². The van der Waals surface area contributed by atoms with Crippen LogP contribution in [0.4, 0.5) is 4.79 Å². The largest absolute Gasteiger partial charge is 0.491 e. The van der Waals surface area contributed by atoms with Crippen molar-refractivity contribution in [2.24, 2.45) is 0 Å². The summed E-state index contributed by atoms with van der Waals surface area (Å²) >= 11 is 15.3. The third kappa shape index (κ3) is 6.28. The Morgan fingerprint density at radius 1 is 1.07 bits per heavy atom. The molecule has 1 unspecified atom stereocenters. The van der Waals surface area contributed by atoms with Crippen LogP contribution in [-0.2, 0) is 4.79 Å². The van der Waals surface area contributed by atoms with Crippen LogP contribution in [0.5, 0.6) is 5.75 Å². The molecule has 9 nitrogen and oxygen atoms in total. The predicted octanol–water partition coefficient (Wildman–Crippen LogP) is 5.86. The average molecular weight is 721 g/mol. The van der Waals surface area contributed by atoms with Gasteiger partial charge < -0.3 is 25.3 Å². The van der Waals surface area contributed by atoms with Crippen molar-refractivity contribution in [1.82, 2.24) is 20.2 Å². The number of hydrogen-bond acceptors (Lipinski definition) is 6. The number of imide groups is 1. The van der Waals surface area contributed by atoms with Gasteiger partial charge in [-0.05, 0) is 58.0 Å². The molecule has 3 aromatic carbocycles. The molecule has 4 N–H and O–H groups in total. The lowest BCUT2D eigenvalue weighted by molar-refractivity contribution is -0.129. The number of nitrogens with zero attached hydrogens (tertiary/aromatic N) is 2. The number of aromatic amines is 1. The van der Waals surface area contributed by atoms with Crippen molar-refractivity contribution in [3.63, 3.8) is 0 Å². The van der Waals surface area contributed by atoms with E-state index in [1.807, 2.05) is 55.5 Å². The van der Waals surface area contributed by atoms with Crippen LogP contribution in [-0.4, -0.2) is 56.3 Å². The maximum atomic E-state index is 13.9. The van der Waals surface area contributed by atoms with E-state index in [9.17, 15) is 14.7 Å². The lowest BCUT2D eigenvalue weighted by Crippen LogP contribution is -2.38. The van der Waals surface area contributed by atoms with Gasteiger partial charge >= 0.3 is 6.03 Å². The van der Waals surface area contributed by atoms with E-state index in [0.717, 1.165) is 9.13 Å². The first kappa shape index (κ1) is 30.3. The van der Waals surface area contributed by atoms with Crippen molar-refractivity contribution in [2.75, 3.05) is 13.2 Å². The van der Waals surface area contributed by atoms with Crippen molar-refractivity contribution in [3.8, 4) is 17.0 Å². The van der Waals surface area contributed by atoms with Gasteiger partial charge in [0.1, 0.15) is 36.4 Å². The minimum Gasteiger partial charge on any atom is -0.491 e. The number of imidazole rings is 1. The van der Waals surface area contributed by atoms with Gasteiger partial charge in [0.25, 0.3) is 5.91 Å². The zero-order valence-electron chi connectivity index (χ0n) is 22.3. The number of ether oxygens (including phenoxy) is 1. The molecule has 0 spiro atoms. The highest BCUT2D eigenvalue weighted by Gasteiger charge is 2.46. The second kappa shape index (κ2) is 13.0. The Hall–Kier alpha value is -3.16. The molecule has 1 aliphatic heterocycles. The fraction of sp³-hybridized carbons (Fsp3) is 0.233. The van der Waals surface area contributed by atoms with Crippen molar-refractivity contribution < 1.29 is 24.5 Å². The minimum absolute atomic E-state index is 0.0805. The first-order chi connectivity index (χ1) is 20.2. The number of urea groups is 1. The summed E-state index contributed by atoms with van der Waals surface area (Å²) in [4.78, 5) is 36.4. The molecule has 42 heavy (non-hydrogen) atoms. The van der Waals surface area contributed by atoms with Gasteiger partial charge in [0.15, 0.2) is 5.15 Å². The number of carbonyl (C=O) groups excluding carboxylic acids is 2. The Kier molecular flexibility index (Phi) is 9.38. The Bertz CT molecular complexity index is 1580. The average Bonchev–Trinajstić information content (AvgIpc) is 3.51. The number of rotatable bonds is 10. The first-order valence-corrected chi connectivity index (χ1v) is 14.9. The molecule has 1 aromatic heterocycles. The maximum absolute atomic E-state index is 13.9. The zero-order chi connectivity index (χ0) is 30.0. The fourth-order valence-electron chi connectivity index (χ4n) is 4.89. The van der Waals surface area contributed by atoms with Crippen molar-refractivity contribution in [2.45, 2.75) is 31.0 Å². The fourth-order valence-corrected chi connectivity index (χ4v) is 6.08. The SMILES string of the molecule is C[C@@H](c1ccccc1)C(c1nc(Cl)c(-c2ccc(I)cc2Cl)[nH]1)N1C(=O)N[C@H](c2ccc(OC[C@H](O)CO)cc2)C1=O. The van der Waals surface area contributed by atoms with Gasteiger partial charge in [-0.3, -0.25) is 9.69 Å². The molecule has 1 saturated heterocycles. The minimum atomic E-state index is -1.00. The molecule has 12 heteroatoms. The Labute approximate surface area is 266 Å². The molecular formula is C30H27Cl2IN4O5.